The summed E-state index contributed by atoms with van der Waals surface area (Å²) >= 11 is 1.68. The molecule has 0 radical (unpaired) electrons. The van der Waals surface area contributed by atoms with Gasteiger partial charge in [0, 0.05) is 37.3 Å². The second kappa shape index (κ2) is 8.98. The fourth-order valence-corrected chi connectivity index (χ4v) is 4.44. The summed E-state index contributed by atoms with van der Waals surface area (Å²) in [5, 5.41) is 22.6. The van der Waals surface area contributed by atoms with E-state index in [1.54, 1.807) is 11.8 Å². The minimum Gasteiger partial charge on any atom is -0.380 e. The second-order valence-corrected chi connectivity index (χ2v) is 8.67. The van der Waals surface area contributed by atoms with Crippen molar-refractivity contribution in [3.05, 3.63) is 41.1 Å². The fourth-order valence-electron chi connectivity index (χ4n) is 3.25. The SMILES string of the molecule is Cc1nc2ccccc2n1CC1CC=C(CNC(=O)[C@H](O)[C@@H](O)C(=O)N(C)C)S1. The largest absolute Gasteiger partial charge is 0.380 e. The van der Waals surface area contributed by atoms with Crippen LogP contribution in [0.5, 0.6) is 0 Å². The van der Waals surface area contributed by atoms with Gasteiger partial charge in [0.1, 0.15) is 5.82 Å². The first-order chi connectivity index (χ1) is 13.8. The summed E-state index contributed by atoms with van der Waals surface area (Å²) in [5.41, 5.74) is 2.09. The van der Waals surface area contributed by atoms with E-state index < -0.39 is 24.0 Å². The van der Waals surface area contributed by atoms with Crippen molar-refractivity contribution in [3.63, 3.8) is 0 Å². The van der Waals surface area contributed by atoms with E-state index in [1.807, 2.05) is 25.1 Å². The Hall–Kier alpha value is -2.36. The molecule has 0 fully saturated rings. The topological polar surface area (TPSA) is 108 Å². The van der Waals surface area contributed by atoms with E-state index in [4.69, 9.17) is 0 Å². The molecule has 1 aromatic heterocycles. The van der Waals surface area contributed by atoms with Crippen molar-refractivity contribution in [2.75, 3.05) is 20.6 Å². The van der Waals surface area contributed by atoms with E-state index in [9.17, 15) is 19.8 Å². The van der Waals surface area contributed by atoms with Crippen LogP contribution in [0, 0.1) is 6.92 Å². The number of imidazole rings is 1. The van der Waals surface area contributed by atoms with E-state index in [1.165, 1.54) is 14.1 Å². The zero-order valence-corrected chi connectivity index (χ0v) is 17.5. The van der Waals surface area contributed by atoms with Gasteiger partial charge in [0.15, 0.2) is 12.2 Å². The first-order valence-corrected chi connectivity index (χ1v) is 10.3. The minimum atomic E-state index is -1.80. The van der Waals surface area contributed by atoms with E-state index in [2.05, 4.69) is 27.0 Å². The standard InChI is InChI=1S/C20H26N4O4S/c1-12-22-15-6-4-5-7-16(15)24(12)11-14-9-8-13(29-14)10-21-19(27)17(25)18(26)20(28)23(2)3/h4-8,14,17-18,25-26H,9-11H2,1-3H3,(H,21,27)/t14?,17-,18-/m1/s1. The van der Waals surface area contributed by atoms with Gasteiger partial charge in [-0.05, 0) is 25.5 Å². The Morgan fingerprint density at radius 1 is 1.31 bits per heavy atom. The monoisotopic (exact) mass is 418 g/mol. The number of aromatic nitrogens is 2. The first kappa shape index (κ1) is 21.4. The summed E-state index contributed by atoms with van der Waals surface area (Å²) in [5.74, 6) is -0.518. The summed E-state index contributed by atoms with van der Waals surface area (Å²) in [7, 11) is 2.89. The zero-order chi connectivity index (χ0) is 21.1. The molecule has 0 aliphatic carbocycles. The molecule has 8 nitrogen and oxygen atoms in total. The molecule has 0 spiro atoms. The molecule has 1 aromatic carbocycles. The van der Waals surface area contributed by atoms with Crippen LogP contribution in [0.2, 0.25) is 0 Å². The van der Waals surface area contributed by atoms with Gasteiger partial charge in [-0.1, -0.05) is 18.2 Å². The molecule has 1 aliphatic rings. The number of aryl methyl sites for hydroxylation is 1. The van der Waals surface area contributed by atoms with Crippen LogP contribution < -0.4 is 5.32 Å². The Balaban J connectivity index is 1.51. The van der Waals surface area contributed by atoms with Crippen molar-refractivity contribution < 1.29 is 19.8 Å². The molecule has 3 atom stereocenters. The number of amides is 2. The highest BCUT2D eigenvalue weighted by molar-refractivity contribution is 8.03. The first-order valence-electron chi connectivity index (χ1n) is 9.40. The van der Waals surface area contributed by atoms with Gasteiger partial charge >= 0.3 is 0 Å². The lowest BCUT2D eigenvalue weighted by Gasteiger charge is -2.20. The third-order valence-corrected chi connectivity index (χ3v) is 6.15. The van der Waals surface area contributed by atoms with Gasteiger partial charge in [0.05, 0.1) is 11.0 Å². The van der Waals surface area contributed by atoms with E-state index in [0.717, 1.165) is 39.6 Å². The van der Waals surface area contributed by atoms with Gasteiger partial charge in [-0.3, -0.25) is 9.59 Å². The van der Waals surface area contributed by atoms with Crippen LogP contribution >= 0.6 is 11.8 Å². The van der Waals surface area contributed by atoms with Gasteiger partial charge < -0.3 is 25.0 Å². The maximum atomic E-state index is 12.1. The Labute approximate surface area is 173 Å². The third-order valence-electron chi connectivity index (χ3n) is 4.86. The molecule has 1 aliphatic heterocycles. The van der Waals surface area contributed by atoms with Crippen LogP contribution in [0.1, 0.15) is 12.2 Å². The summed E-state index contributed by atoms with van der Waals surface area (Å²) in [4.78, 5) is 30.4. The number of nitrogens with zero attached hydrogens (tertiary/aromatic N) is 3. The molecule has 1 unspecified atom stereocenters. The third kappa shape index (κ3) is 4.80. The van der Waals surface area contributed by atoms with Crippen molar-refractivity contribution >= 4 is 34.6 Å². The predicted octanol–water partition coefficient (Wildman–Crippen LogP) is 0.660. The molecule has 3 N–H and O–H groups in total. The predicted molar refractivity (Wildman–Crippen MR) is 112 cm³/mol. The van der Waals surface area contributed by atoms with Gasteiger partial charge in [0.25, 0.3) is 11.8 Å². The van der Waals surface area contributed by atoms with E-state index in [0.29, 0.717) is 5.25 Å². The summed E-state index contributed by atoms with van der Waals surface area (Å²) in [6.07, 6.45) is -0.641. The number of hydrogen-bond acceptors (Lipinski definition) is 6. The molecule has 0 bridgehead atoms. The lowest BCUT2D eigenvalue weighted by Crippen LogP contribution is -2.49. The second-order valence-electron chi connectivity index (χ2n) is 7.24. The van der Waals surface area contributed by atoms with Gasteiger partial charge in [-0.2, -0.15) is 0 Å². The van der Waals surface area contributed by atoms with Gasteiger partial charge in [-0.25, -0.2) is 4.98 Å². The number of fused-ring (bicyclic) bond motifs is 1. The van der Waals surface area contributed by atoms with Crippen molar-refractivity contribution in [2.24, 2.45) is 0 Å². The van der Waals surface area contributed by atoms with E-state index >= 15 is 0 Å². The van der Waals surface area contributed by atoms with Crippen molar-refractivity contribution in [3.8, 4) is 0 Å². The quantitative estimate of drug-likeness (QED) is 0.610. The molecule has 2 aromatic rings. The highest BCUT2D eigenvalue weighted by Crippen LogP contribution is 2.33. The van der Waals surface area contributed by atoms with Crippen LogP contribution in [0.3, 0.4) is 0 Å². The minimum absolute atomic E-state index is 0.254. The molecular weight excluding hydrogens is 392 g/mol. The normalized spacial score (nSPS) is 18.4. The number of thioether (sulfide) groups is 1. The molecular formula is C20H26N4O4S. The van der Waals surface area contributed by atoms with Crippen LogP contribution in [-0.2, 0) is 16.1 Å². The number of aliphatic hydroxyl groups is 2. The number of benzene rings is 1. The maximum Gasteiger partial charge on any atom is 0.254 e. The molecule has 3 rings (SSSR count). The lowest BCUT2D eigenvalue weighted by atomic mass is 10.1. The average Bonchev–Trinajstić information content (AvgIpc) is 3.28. The number of carbonyl (C=O) groups is 2. The average molecular weight is 419 g/mol. The van der Waals surface area contributed by atoms with Crippen molar-refractivity contribution in [1.29, 1.82) is 0 Å². The highest BCUT2D eigenvalue weighted by atomic mass is 32.2. The Bertz CT molecular complexity index is 940. The van der Waals surface area contributed by atoms with Crippen molar-refractivity contribution in [2.45, 2.75) is 37.3 Å². The Morgan fingerprint density at radius 3 is 2.76 bits per heavy atom. The Kier molecular flexibility index (Phi) is 6.61. The highest BCUT2D eigenvalue weighted by Gasteiger charge is 2.31. The number of nitrogens with one attached hydrogen (secondary N) is 1. The smallest absolute Gasteiger partial charge is 0.254 e. The summed E-state index contributed by atoms with van der Waals surface area (Å²) in [6.45, 7) is 3.06. The van der Waals surface area contributed by atoms with Crippen LogP contribution in [0.15, 0.2) is 35.2 Å². The van der Waals surface area contributed by atoms with Crippen LogP contribution in [0.25, 0.3) is 11.0 Å². The lowest BCUT2D eigenvalue weighted by molar-refractivity contribution is -0.151. The molecule has 0 saturated heterocycles. The van der Waals surface area contributed by atoms with E-state index in [-0.39, 0.29) is 6.54 Å². The van der Waals surface area contributed by atoms with Crippen molar-refractivity contribution in [1.82, 2.24) is 19.8 Å². The molecule has 156 valence electrons. The number of aliphatic hydroxyl groups excluding tert-OH is 2. The zero-order valence-electron chi connectivity index (χ0n) is 16.7. The molecule has 9 heteroatoms. The molecule has 2 heterocycles. The molecule has 0 saturated carbocycles. The summed E-state index contributed by atoms with van der Waals surface area (Å²) < 4.78 is 2.20. The van der Waals surface area contributed by atoms with Gasteiger partial charge in [0.2, 0.25) is 0 Å². The maximum absolute atomic E-state index is 12.1. The Morgan fingerprint density at radius 2 is 2.03 bits per heavy atom. The fraction of sp³-hybridized carbons (Fsp3) is 0.450. The van der Waals surface area contributed by atoms with Crippen LogP contribution in [0.4, 0.5) is 0 Å². The number of para-hydroxylation sites is 2. The van der Waals surface area contributed by atoms with Crippen LogP contribution in [-0.4, -0.2) is 74.6 Å². The molecule has 2 amide bonds. The number of rotatable bonds is 7. The number of hydrogen-bond donors (Lipinski definition) is 3. The van der Waals surface area contributed by atoms with Gasteiger partial charge in [-0.15, -0.1) is 11.8 Å². The summed E-state index contributed by atoms with van der Waals surface area (Å²) in [6, 6.07) is 8.04. The number of likely N-dealkylation sites (N-methyl/N-ethyl adjacent to an activating group) is 1. The number of allylic oxidation sites excluding steroid dienone is 1. The molecule has 29 heavy (non-hydrogen) atoms. The number of carbonyl (C=O) groups excluding carboxylic acids is 2.